The van der Waals surface area contributed by atoms with Crippen LogP contribution in [0.15, 0.2) is 194 Å². The van der Waals surface area contributed by atoms with Crippen molar-refractivity contribution in [3.63, 3.8) is 0 Å². The SMILES string of the molecule is c1ccc(-c2nc3ccccc3nc2-c2ccc(N(c3ccccc3)c3ccc(-n4c5ccccc5c5ccccc54)c4ccccc34)cc2)cc1. The monoisotopic (exact) mass is 664 g/mol. The van der Waals surface area contributed by atoms with Crippen molar-refractivity contribution < 1.29 is 0 Å². The van der Waals surface area contributed by atoms with Gasteiger partial charge in [-0.1, -0.05) is 133 Å². The standard InChI is InChI=1S/C48H32N4/c1-3-15-33(16-4-1)47-48(50-42-24-12-11-23-41(42)49-47)34-27-29-36(30-28-34)51(35-17-5-2-6-18-35)45-31-32-46(40-20-8-7-19-39(40)45)52-43-25-13-9-21-37(43)38-22-10-14-26-44(38)52/h1-32H. The van der Waals surface area contributed by atoms with Gasteiger partial charge in [0.2, 0.25) is 0 Å². The van der Waals surface area contributed by atoms with Crippen LogP contribution in [0.4, 0.5) is 17.1 Å². The van der Waals surface area contributed by atoms with Gasteiger partial charge in [-0.3, -0.25) is 0 Å². The first-order valence-electron chi connectivity index (χ1n) is 17.6. The van der Waals surface area contributed by atoms with E-state index in [1.807, 2.05) is 42.5 Å². The summed E-state index contributed by atoms with van der Waals surface area (Å²) in [4.78, 5) is 12.6. The van der Waals surface area contributed by atoms with Gasteiger partial charge >= 0.3 is 0 Å². The second-order valence-corrected chi connectivity index (χ2v) is 13.0. The molecular weight excluding hydrogens is 633 g/mol. The van der Waals surface area contributed by atoms with E-state index < -0.39 is 0 Å². The molecule has 2 heterocycles. The lowest BCUT2D eigenvalue weighted by atomic mass is 10.0. The Balaban J connectivity index is 1.14. The molecule has 0 amide bonds. The van der Waals surface area contributed by atoms with Crippen LogP contribution in [0.1, 0.15) is 0 Å². The maximum absolute atomic E-state index is 5.15. The average Bonchev–Trinajstić information content (AvgIpc) is 3.56. The summed E-state index contributed by atoms with van der Waals surface area (Å²) in [5.41, 5.74) is 12.4. The van der Waals surface area contributed by atoms with Crippen LogP contribution in [0.25, 0.3) is 71.8 Å². The van der Waals surface area contributed by atoms with E-state index in [2.05, 4.69) is 161 Å². The molecule has 10 rings (SSSR count). The molecule has 2 aromatic heterocycles. The number of nitrogens with zero attached hydrogens (tertiary/aromatic N) is 4. The normalized spacial score (nSPS) is 11.5. The largest absolute Gasteiger partial charge is 0.310 e. The van der Waals surface area contributed by atoms with Crippen LogP contribution in [-0.4, -0.2) is 14.5 Å². The summed E-state index contributed by atoms with van der Waals surface area (Å²) in [5.74, 6) is 0. The maximum Gasteiger partial charge on any atom is 0.0973 e. The Bertz CT molecular complexity index is 2840. The van der Waals surface area contributed by atoms with Crippen molar-refractivity contribution in [3.05, 3.63) is 194 Å². The van der Waals surface area contributed by atoms with E-state index in [1.165, 1.54) is 32.6 Å². The van der Waals surface area contributed by atoms with Gasteiger partial charge in [0.05, 0.1) is 44.8 Å². The molecule has 0 fully saturated rings. The first kappa shape index (κ1) is 29.8. The number of anilines is 3. The predicted octanol–water partition coefficient (Wildman–Crippen LogP) is 12.7. The summed E-state index contributed by atoms with van der Waals surface area (Å²) < 4.78 is 2.41. The van der Waals surface area contributed by atoms with Crippen molar-refractivity contribution in [1.29, 1.82) is 0 Å². The van der Waals surface area contributed by atoms with Crippen molar-refractivity contribution >= 4 is 60.7 Å². The van der Waals surface area contributed by atoms with E-state index in [9.17, 15) is 0 Å². The molecule has 0 saturated carbocycles. The molecule has 0 aliphatic carbocycles. The van der Waals surface area contributed by atoms with Crippen molar-refractivity contribution in [3.8, 4) is 28.2 Å². The van der Waals surface area contributed by atoms with Crippen molar-refractivity contribution in [2.24, 2.45) is 0 Å². The van der Waals surface area contributed by atoms with Gasteiger partial charge in [-0.15, -0.1) is 0 Å². The van der Waals surface area contributed by atoms with Crippen LogP contribution in [0.3, 0.4) is 0 Å². The van der Waals surface area contributed by atoms with Crippen molar-refractivity contribution in [2.75, 3.05) is 4.90 Å². The summed E-state index contributed by atoms with van der Waals surface area (Å²) in [6.45, 7) is 0. The molecule has 244 valence electrons. The van der Waals surface area contributed by atoms with Crippen LogP contribution in [0.5, 0.6) is 0 Å². The van der Waals surface area contributed by atoms with Gasteiger partial charge in [0.1, 0.15) is 0 Å². The van der Waals surface area contributed by atoms with E-state index in [4.69, 9.17) is 9.97 Å². The summed E-state index contributed by atoms with van der Waals surface area (Å²) in [5, 5.41) is 4.86. The highest BCUT2D eigenvalue weighted by Crippen LogP contribution is 2.43. The average molecular weight is 665 g/mol. The predicted molar refractivity (Wildman–Crippen MR) is 217 cm³/mol. The smallest absolute Gasteiger partial charge is 0.0973 e. The van der Waals surface area contributed by atoms with Crippen molar-refractivity contribution in [1.82, 2.24) is 14.5 Å². The Hall–Kier alpha value is -7.04. The third-order valence-electron chi connectivity index (χ3n) is 9.97. The number of rotatable bonds is 6. The molecule has 10 aromatic rings. The fraction of sp³-hybridized carbons (Fsp3) is 0. The fourth-order valence-corrected chi connectivity index (χ4v) is 7.61. The maximum atomic E-state index is 5.15. The Labute approximate surface area is 301 Å². The van der Waals surface area contributed by atoms with Gasteiger partial charge in [0, 0.05) is 44.0 Å². The Morgan fingerprint density at radius 2 is 0.808 bits per heavy atom. The van der Waals surface area contributed by atoms with Gasteiger partial charge in [-0.25, -0.2) is 9.97 Å². The minimum Gasteiger partial charge on any atom is -0.310 e. The van der Waals surface area contributed by atoms with Gasteiger partial charge in [-0.05, 0) is 60.7 Å². The van der Waals surface area contributed by atoms with Crippen LogP contribution < -0.4 is 4.90 Å². The Morgan fingerprint density at radius 3 is 1.42 bits per heavy atom. The Morgan fingerprint density at radius 1 is 0.346 bits per heavy atom. The summed E-state index contributed by atoms with van der Waals surface area (Å²) in [6.07, 6.45) is 0. The second kappa shape index (κ2) is 12.4. The van der Waals surface area contributed by atoms with Gasteiger partial charge < -0.3 is 9.47 Å². The molecule has 8 aromatic carbocycles. The number of fused-ring (bicyclic) bond motifs is 5. The topological polar surface area (TPSA) is 34.0 Å². The third-order valence-corrected chi connectivity index (χ3v) is 9.97. The zero-order chi connectivity index (χ0) is 34.4. The number of para-hydroxylation sites is 5. The van der Waals surface area contributed by atoms with E-state index in [0.717, 1.165) is 56.3 Å². The summed E-state index contributed by atoms with van der Waals surface area (Å²) in [7, 11) is 0. The first-order valence-corrected chi connectivity index (χ1v) is 17.6. The number of hydrogen-bond acceptors (Lipinski definition) is 3. The Kier molecular flexibility index (Phi) is 7.10. The van der Waals surface area contributed by atoms with E-state index >= 15 is 0 Å². The molecule has 52 heavy (non-hydrogen) atoms. The summed E-state index contributed by atoms with van der Waals surface area (Å²) in [6, 6.07) is 68.4. The lowest BCUT2D eigenvalue weighted by molar-refractivity contribution is 1.19. The first-order chi connectivity index (χ1) is 25.8. The molecule has 0 aliphatic heterocycles. The number of aromatic nitrogens is 3. The minimum absolute atomic E-state index is 0.865. The lowest BCUT2D eigenvalue weighted by Gasteiger charge is -2.28. The zero-order valence-electron chi connectivity index (χ0n) is 28.3. The van der Waals surface area contributed by atoms with E-state index in [1.54, 1.807) is 0 Å². The number of hydrogen-bond donors (Lipinski definition) is 0. The highest BCUT2D eigenvalue weighted by Gasteiger charge is 2.20. The fourth-order valence-electron chi connectivity index (χ4n) is 7.61. The molecule has 0 saturated heterocycles. The van der Waals surface area contributed by atoms with Crippen LogP contribution in [0, 0.1) is 0 Å². The quantitative estimate of drug-likeness (QED) is 0.177. The van der Waals surface area contributed by atoms with Gasteiger partial charge in [0.25, 0.3) is 0 Å². The van der Waals surface area contributed by atoms with Crippen LogP contribution in [-0.2, 0) is 0 Å². The van der Waals surface area contributed by atoms with Gasteiger partial charge in [-0.2, -0.15) is 0 Å². The highest BCUT2D eigenvalue weighted by atomic mass is 15.1. The molecule has 0 aliphatic rings. The van der Waals surface area contributed by atoms with E-state index in [-0.39, 0.29) is 0 Å². The molecule has 0 spiro atoms. The molecule has 4 heteroatoms. The number of benzene rings is 8. The molecule has 0 N–H and O–H groups in total. The van der Waals surface area contributed by atoms with Gasteiger partial charge in [0.15, 0.2) is 0 Å². The van der Waals surface area contributed by atoms with E-state index in [0.29, 0.717) is 0 Å². The molecule has 0 unspecified atom stereocenters. The second-order valence-electron chi connectivity index (χ2n) is 13.0. The molecule has 0 radical (unpaired) electrons. The third kappa shape index (κ3) is 4.92. The summed E-state index contributed by atoms with van der Waals surface area (Å²) >= 11 is 0. The van der Waals surface area contributed by atoms with Crippen LogP contribution >= 0.6 is 0 Å². The van der Waals surface area contributed by atoms with Crippen LogP contribution in [0.2, 0.25) is 0 Å². The van der Waals surface area contributed by atoms with Crippen molar-refractivity contribution in [2.45, 2.75) is 0 Å². The molecule has 0 atom stereocenters. The minimum atomic E-state index is 0.865. The molecule has 0 bridgehead atoms. The molecule has 4 nitrogen and oxygen atoms in total. The zero-order valence-corrected chi connectivity index (χ0v) is 28.3. The lowest BCUT2D eigenvalue weighted by Crippen LogP contribution is -2.11. The highest BCUT2D eigenvalue weighted by molar-refractivity contribution is 6.12. The molecular formula is C48H32N4.